The Morgan fingerprint density at radius 2 is 1.78 bits per heavy atom. The number of carbonyl (C=O) groups excluding carboxylic acids is 2. The van der Waals surface area contributed by atoms with Crippen LogP contribution in [0.15, 0.2) is 24.3 Å². The minimum absolute atomic E-state index is 0.201. The lowest BCUT2D eigenvalue weighted by atomic mass is 9.74. The average Bonchev–Trinajstić information content (AvgIpc) is 2.51. The largest absolute Gasteiger partial charge is 0.374 e. The Morgan fingerprint density at radius 3 is 2.35 bits per heavy atom. The van der Waals surface area contributed by atoms with Gasteiger partial charge in [0, 0.05) is 39.2 Å². The third kappa shape index (κ3) is 3.23. The van der Waals surface area contributed by atoms with Crippen molar-refractivity contribution in [3.8, 4) is 0 Å². The summed E-state index contributed by atoms with van der Waals surface area (Å²) in [5.41, 5.74) is 2.12. The third-order valence-electron chi connectivity index (χ3n) is 4.82. The van der Waals surface area contributed by atoms with Gasteiger partial charge in [0.2, 0.25) is 11.8 Å². The lowest BCUT2D eigenvalue weighted by Crippen LogP contribution is -2.47. The van der Waals surface area contributed by atoms with Crippen LogP contribution in [-0.4, -0.2) is 37.9 Å². The van der Waals surface area contributed by atoms with Crippen LogP contribution in [0.4, 0.5) is 5.69 Å². The van der Waals surface area contributed by atoms with E-state index in [2.05, 4.69) is 22.8 Å². The summed E-state index contributed by atoms with van der Waals surface area (Å²) in [6.07, 6.45) is 2.60. The molecule has 1 saturated carbocycles. The van der Waals surface area contributed by atoms with Crippen LogP contribution in [-0.2, 0) is 19.1 Å². The number of piperidine rings is 1. The molecular weight excluding hydrogens is 296 g/mol. The van der Waals surface area contributed by atoms with E-state index < -0.39 is 5.79 Å². The van der Waals surface area contributed by atoms with Crippen molar-refractivity contribution in [2.75, 3.05) is 19.5 Å². The molecule has 6 nitrogen and oxygen atoms in total. The van der Waals surface area contributed by atoms with Gasteiger partial charge >= 0.3 is 0 Å². The first-order valence-electron chi connectivity index (χ1n) is 7.86. The molecule has 1 aromatic rings. The molecule has 2 amide bonds. The van der Waals surface area contributed by atoms with Crippen molar-refractivity contribution in [3.63, 3.8) is 0 Å². The van der Waals surface area contributed by atoms with Gasteiger partial charge in [-0.2, -0.15) is 0 Å². The van der Waals surface area contributed by atoms with Gasteiger partial charge in [-0.15, -0.1) is 0 Å². The molecule has 1 saturated heterocycles. The molecule has 1 heterocycles. The minimum atomic E-state index is -0.436. The fourth-order valence-electron chi connectivity index (χ4n) is 3.23. The zero-order valence-electron chi connectivity index (χ0n) is 13.4. The van der Waals surface area contributed by atoms with E-state index in [-0.39, 0.29) is 17.9 Å². The zero-order chi connectivity index (χ0) is 16.4. The smallest absolute Gasteiger partial charge is 0.249 e. The van der Waals surface area contributed by atoms with Gasteiger partial charge in [0.15, 0.2) is 5.79 Å². The van der Waals surface area contributed by atoms with Crippen molar-refractivity contribution in [1.82, 2.24) is 5.32 Å². The van der Waals surface area contributed by atoms with E-state index in [1.54, 1.807) is 14.2 Å². The zero-order valence-corrected chi connectivity index (χ0v) is 13.4. The van der Waals surface area contributed by atoms with E-state index in [4.69, 9.17) is 9.47 Å². The van der Waals surface area contributed by atoms with Crippen LogP contribution in [0.5, 0.6) is 0 Å². The summed E-state index contributed by atoms with van der Waals surface area (Å²) in [5.74, 6) is -0.462. The molecule has 1 aromatic carbocycles. The molecule has 3 rings (SSSR count). The van der Waals surface area contributed by atoms with Crippen molar-refractivity contribution >= 4 is 17.5 Å². The first-order chi connectivity index (χ1) is 11.0. The number of amides is 2. The summed E-state index contributed by atoms with van der Waals surface area (Å²) in [5, 5.41) is 5.53. The molecule has 1 aliphatic heterocycles. The second kappa shape index (κ2) is 6.29. The minimum Gasteiger partial charge on any atom is -0.374 e. The highest BCUT2D eigenvalue weighted by Crippen LogP contribution is 2.47. The Bertz CT molecular complexity index is 587. The Labute approximate surface area is 135 Å². The second-order valence-electron chi connectivity index (χ2n) is 6.19. The molecule has 1 atom stereocenters. The normalized spacial score (nSPS) is 24.0. The number of rotatable bonds is 5. The highest BCUT2D eigenvalue weighted by atomic mass is 16.7. The van der Waals surface area contributed by atoms with E-state index in [0.29, 0.717) is 18.8 Å². The van der Waals surface area contributed by atoms with Crippen LogP contribution >= 0.6 is 0 Å². The molecule has 0 spiro atoms. The lowest BCUT2D eigenvalue weighted by Gasteiger charge is -2.45. The van der Waals surface area contributed by atoms with Crippen LogP contribution in [0.3, 0.4) is 0 Å². The van der Waals surface area contributed by atoms with Gasteiger partial charge < -0.3 is 14.8 Å². The predicted octanol–water partition coefficient (Wildman–Crippen LogP) is 1.77. The number of imide groups is 1. The van der Waals surface area contributed by atoms with Crippen LogP contribution in [0.1, 0.15) is 37.2 Å². The number of anilines is 1. The summed E-state index contributed by atoms with van der Waals surface area (Å²) >= 11 is 0. The Balaban J connectivity index is 1.58. The van der Waals surface area contributed by atoms with Gasteiger partial charge in [-0.3, -0.25) is 14.9 Å². The Kier molecular flexibility index (Phi) is 4.37. The Morgan fingerprint density at radius 1 is 1.13 bits per heavy atom. The van der Waals surface area contributed by atoms with Gasteiger partial charge in [-0.1, -0.05) is 12.1 Å². The molecule has 6 heteroatoms. The molecule has 23 heavy (non-hydrogen) atoms. The Hall–Kier alpha value is -1.92. The molecule has 0 radical (unpaired) electrons. The lowest BCUT2D eigenvalue weighted by molar-refractivity contribution is -0.257. The molecule has 2 fully saturated rings. The SMILES string of the molecule is COC1(OC)CC(c2ccc(NC3CCC(=O)NC3=O)cc2)C1. The van der Waals surface area contributed by atoms with Gasteiger partial charge in [-0.25, -0.2) is 0 Å². The summed E-state index contributed by atoms with van der Waals surface area (Å²) in [7, 11) is 3.35. The number of hydrogen-bond donors (Lipinski definition) is 2. The summed E-state index contributed by atoms with van der Waals surface area (Å²) in [6.45, 7) is 0. The van der Waals surface area contributed by atoms with Crippen LogP contribution in [0.2, 0.25) is 0 Å². The molecule has 1 aliphatic carbocycles. The fourth-order valence-corrected chi connectivity index (χ4v) is 3.23. The summed E-state index contributed by atoms with van der Waals surface area (Å²) in [6, 6.07) is 7.72. The first-order valence-corrected chi connectivity index (χ1v) is 7.86. The number of carbonyl (C=O) groups is 2. The molecule has 124 valence electrons. The van der Waals surface area contributed by atoms with E-state index in [1.165, 1.54) is 5.56 Å². The summed E-state index contributed by atoms with van der Waals surface area (Å²) < 4.78 is 10.8. The van der Waals surface area contributed by atoms with E-state index in [9.17, 15) is 9.59 Å². The van der Waals surface area contributed by atoms with Crippen molar-refractivity contribution in [1.29, 1.82) is 0 Å². The van der Waals surface area contributed by atoms with Crippen LogP contribution in [0.25, 0.3) is 0 Å². The quantitative estimate of drug-likeness (QED) is 0.639. The molecule has 1 unspecified atom stereocenters. The van der Waals surface area contributed by atoms with E-state index in [1.807, 2.05) is 12.1 Å². The molecular formula is C17H22N2O4. The third-order valence-corrected chi connectivity index (χ3v) is 4.82. The van der Waals surface area contributed by atoms with Crippen molar-refractivity contribution in [2.24, 2.45) is 0 Å². The maximum Gasteiger partial charge on any atom is 0.249 e. The van der Waals surface area contributed by atoms with E-state index >= 15 is 0 Å². The van der Waals surface area contributed by atoms with Crippen molar-refractivity contribution in [2.45, 2.75) is 43.4 Å². The number of methoxy groups -OCH3 is 2. The van der Waals surface area contributed by atoms with Gasteiger partial charge in [-0.05, 0) is 30.0 Å². The van der Waals surface area contributed by atoms with Gasteiger partial charge in [0.25, 0.3) is 0 Å². The van der Waals surface area contributed by atoms with Crippen LogP contribution in [0, 0.1) is 0 Å². The van der Waals surface area contributed by atoms with Crippen LogP contribution < -0.4 is 10.6 Å². The predicted molar refractivity (Wildman–Crippen MR) is 85.0 cm³/mol. The van der Waals surface area contributed by atoms with Gasteiger partial charge in [0.05, 0.1) is 0 Å². The highest BCUT2D eigenvalue weighted by molar-refractivity contribution is 6.01. The highest BCUT2D eigenvalue weighted by Gasteiger charge is 2.45. The van der Waals surface area contributed by atoms with Gasteiger partial charge in [0.1, 0.15) is 6.04 Å². The number of benzene rings is 1. The monoisotopic (exact) mass is 318 g/mol. The number of nitrogens with one attached hydrogen (secondary N) is 2. The molecule has 0 bridgehead atoms. The fraction of sp³-hybridized carbons (Fsp3) is 0.529. The number of hydrogen-bond acceptors (Lipinski definition) is 5. The van der Waals surface area contributed by atoms with Crippen molar-refractivity contribution in [3.05, 3.63) is 29.8 Å². The number of ether oxygens (including phenoxy) is 2. The van der Waals surface area contributed by atoms with E-state index in [0.717, 1.165) is 18.5 Å². The second-order valence-corrected chi connectivity index (χ2v) is 6.19. The topological polar surface area (TPSA) is 76.7 Å². The molecule has 2 N–H and O–H groups in total. The average molecular weight is 318 g/mol. The standard InChI is InChI=1S/C17H22N2O4/c1-22-17(23-2)9-12(10-17)11-3-5-13(6-4-11)18-14-7-8-15(20)19-16(14)21/h3-6,12,14,18H,7-10H2,1-2H3,(H,19,20,21). The summed E-state index contributed by atoms with van der Waals surface area (Å²) in [4.78, 5) is 22.9. The molecule has 2 aliphatic rings. The maximum atomic E-state index is 11.8. The maximum absolute atomic E-state index is 11.8. The molecule has 0 aromatic heterocycles. The van der Waals surface area contributed by atoms with Crippen molar-refractivity contribution < 1.29 is 19.1 Å². The first kappa shape index (κ1) is 16.0.